The molecule has 25 heavy (non-hydrogen) atoms. The Morgan fingerprint density at radius 1 is 1.04 bits per heavy atom. The van der Waals surface area contributed by atoms with Crippen molar-refractivity contribution in [3.8, 4) is 22.5 Å². The quantitative estimate of drug-likeness (QED) is 0.502. The average Bonchev–Trinajstić information content (AvgIpc) is 3.02. The molecule has 0 atom stereocenters. The van der Waals surface area contributed by atoms with Crippen LogP contribution in [-0.2, 0) is 0 Å². The minimum atomic E-state index is -0.118. The highest BCUT2D eigenvalue weighted by atomic mass is 35.5. The fraction of sp³-hybridized carbons (Fsp3) is 0.100. The third-order valence-electron chi connectivity index (χ3n) is 4.31. The minimum Gasteiger partial charge on any atom is -0.306 e. The van der Waals surface area contributed by atoms with Crippen LogP contribution in [0.5, 0.6) is 0 Å². The smallest absolute Gasteiger partial charge is 0.260 e. The molecule has 0 saturated heterocycles. The molecule has 0 spiro atoms. The summed E-state index contributed by atoms with van der Waals surface area (Å²) in [5.74, 6) is 0.608. The molecule has 1 N–H and O–H groups in total. The van der Waals surface area contributed by atoms with Crippen LogP contribution in [0.15, 0.2) is 52.6 Å². The van der Waals surface area contributed by atoms with Gasteiger partial charge in [-0.2, -0.15) is 0 Å². The zero-order chi connectivity index (χ0) is 17.6. The van der Waals surface area contributed by atoms with Gasteiger partial charge in [-0.15, -0.1) is 11.3 Å². The topological polar surface area (TPSA) is 45.8 Å². The molecule has 0 aliphatic carbocycles. The number of aromatic amines is 1. The van der Waals surface area contributed by atoms with Gasteiger partial charge >= 0.3 is 0 Å². The Labute approximate surface area is 154 Å². The first-order chi connectivity index (χ1) is 12.0. The van der Waals surface area contributed by atoms with Crippen molar-refractivity contribution in [3.63, 3.8) is 0 Å². The van der Waals surface area contributed by atoms with Crippen molar-refractivity contribution in [2.75, 3.05) is 0 Å². The zero-order valence-electron chi connectivity index (χ0n) is 13.8. The summed E-state index contributed by atoms with van der Waals surface area (Å²) >= 11 is 7.60. The number of benzene rings is 2. The van der Waals surface area contributed by atoms with Crippen LogP contribution in [0.1, 0.15) is 11.1 Å². The largest absolute Gasteiger partial charge is 0.306 e. The number of H-pyrrole nitrogens is 1. The van der Waals surface area contributed by atoms with Crippen molar-refractivity contribution in [3.05, 3.63) is 74.3 Å². The van der Waals surface area contributed by atoms with E-state index in [0.717, 1.165) is 37.7 Å². The summed E-state index contributed by atoms with van der Waals surface area (Å²) in [5, 5.41) is 3.33. The molecule has 2 heterocycles. The highest BCUT2D eigenvalue weighted by Gasteiger charge is 2.15. The summed E-state index contributed by atoms with van der Waals surface area (Å²) < 4.78 is 0. The van der Waals surface area contributed by atoms with Crippen LogP contribution in [0.4, 0.5) is 0 Å². The molecular weight excluding hydrogens is 352 g/mol. The molecule has 124 valence electrons. The molecule has 0 unspecified atom stereocenters. The number of halogens is 1. The van der Waals surface area contributed by atoms with Crippen molar-refractivity contribution in [2.45, 2.75) is 13.8 Å². The summed E-state index contributed by atoms with van der Waals surface area (Å²) in [6.07, 6.45) is 0. The van der Waals surface area contributed by atoms with Crippen molar-refractivity contribution < 1.29 is 0 Å². The second kappa shape index (κ2) is 6.14. The first-order valence-corrected chi connectivity index (χ1v) is 9.14. The number of nitrogens with zero attached hydrogens (tertiary/aromatic N) is 1. The van der Waals surface area contributed by atoms with E-state index in [-0.39, 0.29) is 5.56 Å². The molecule has 2 aromatic carbocycles. The third-order valence-corrected chi connectivity index (χ3v) is 5.61. The maximum Gasteiger partial charge on any atom is 0.260 e. The molecule has 4 aromatic rings. The summed E-state index contributed by atoms with van der Waals surface area (Å²) in [6, 6.07) is 13.7. The number of fused-ring (bicyclic) bond motifs is 1. The standard InChI is InChI=1S/C20H15ClN2OS/c1-11-5-3-4-6-14(11)18-22-19(24)17-15(10-25-20(17)23-18)13-7-8-16(21)12(2)9-13/h3-10H,1-2H3,(H,22,23,24). The number of aromatic nitrogens is 2. The molecule has 0 amide bonds. The molecule has 0 aliphatic rings. The van der Waals surface area contributed by atoms with Gasteiger partial charge in [0.25, 0.3) is 5.56 Å². The number of thiophene rings is 1. The van der Waals surface area contributed by atoms with Crippen LogP contribution in [0.2, 0.25) is 5.02 Å². The minimum absolute atomic E-state index is 0.118. The van der Waals surface area contributed by atoms with Crippen LogP contribution < -0.4 is 5.56 Å². The lowest BCUT2D eigenvalue weighted by atomic mass is 10.0. The van der Waals surface area contributed by atoms with Gasteiger partial charge in [0.15, 0.2) is 0 Å². The average molecular weight is 367 g/mol. The van der Waals surface area contributed by atoms with Crippen molar-refractivity contribution in [1.29, 1.82) is 0 Å². The SMILES string of the molecule is Cc1cc(-c2csc3nc(-c4ccccc4C)[nH]c(=O)c23)ccc1Cl. The molecule has 2 aromatic heterocycles. The zero-order valence-corrected chi connectivity index (χ0v) is 15.3. The van der Waals surface area contributed by atoms with Crippen molar-refractivity contribution >= 4 is 33.2 Å². The summed E-state index contributed by atoms with van der Waals surface area (Å²) in [6.45, 7) is 3.97. The highest BCUT2D eigenvalue weighted by Crippen LogP contribution is 2.33. The molecule has 0 fully saturated rings. The van der Waals surface area contributed by atoms with E-state index >= 15 is 0 Å². The van der Waals surface area contributed by atoms with Crippen LogP contribution >= 0.6 is 22.9 Å². The Bertz CT molecular complexity index is 1160. The molecule has 0 saturated carbocycles. The van der Waals surface area contributed by atoms with Crippen LogP contribution in [0.3, 0.4) is 0 Å². The molecule has 0 bridgehead atoms. The predicted octanol–water partition coefficient (Wildman–Crippen LogP) is 5.59. The Hall–Kier alpha value is -2.43. The Balaban J connectivity index is 1.92. The van der Waals surface area contributed by atoms with E-state index in [2.05, 4.69) is 4.98 Å². The Kier molecular flexibility index (Phi) is 3.94. The van der Waals surface area contributed by atoms with Gasteiger partial charge in [-0.1, -0.05) is 41.9 Å². The van der Waals surface area contributed by atoms with Gasteiger partial charge in [0.1, 0.15) is 10.7 Å². The van der Waals surface area contributed by atoms with Gasteiger partial charge in [0.05, 0.1) is 5.39 Å². The molecule has 0 radical (unpaired) electrons. The molecule has 4 rings (SSSR count). The van der Waals surface area contributed by atoms with E-state index in [1.807, 2.05) is 61.7 Å². The maximum absolute atomic E-state index is 12.8. The second-order valence-electron chi connectivity index (χ2n) is 6.02. The maximum atomic E-state index is 12.8. The van der Waals surface area contributed by atoms with Gasteiger partial charge < -0.3 is 4.98 Å². The second-order valence-corrected chi connectivity index (χ2v) is 7.29. The molecule has 3 nitrogen and oxygen atoms in total. The summed E-state index contributed by atoms with van der Waals surface area (Å²) in [5.41, 5.74) is 4.76. The van der Waals surface area contributed by atoms with Crippen LogP contribution in [0, 0.1) is 13.8 Å². The third kappa shape index (κ3) is 2.77. The predicted molar refractivity (Wildman–Crippen MR) is 106 cm³/mol. The normalized spacial score (nSPS) is 11.2. The number of rotatable bonds is 2. The number of hydrogen-bond donors (Lipinski definition) is 1. The van der Waals surface area contributed by atoms with E-state index in [4.69, 9.17) is 16.6 Å². The van der Waals surface area contributed by atoms with E-state index in [1.165, 1.54) is 11.3 Å². The van der Waals surface area contributed by atoms with Crippen LogP contribution in [0.25, 0.3) is 32.7 Å². The van der Waals surface area contributed by atoms with Crippen LogP contribution in [-0.4, -0.2) is 9.97 Å². The van der Waals surface area contributed by atoms with E-state index in [0.29, 0.717) is 11.2 Å². The van der Waals surface area contributed by atoms with E-state index in [9.17, 15) is 4.79 Å². The molecule has 0 aliphatic heterocycles. The fourth-order valence-electron chi connectivity index (χ4n) is 2.94. The number of aryl methyl sites for hydroxylation is 2. The van der Waals surface area contributed by atoms with Gasteiger partial charge in [0, 0.05) is 21.5 Å². The van der Waals surface area contributed by atoms with Gasteiger partial charge in [0.2, 0.25) is 0 Å². The van der Waals surface area contributed by atoms with E-state index in [1.54, 1.807) is 0 Å². The Morgan fingerprint density at radius 3 is 2.60 bits per heavy atom. The van der Waals surface area contributed by atoms with E-state index < -0.39 is 0 Å². The van der Waals surface area contributed by atoms with Gasteiger partial charge in [-0.05, 0) is 42.7 Å². The lowest BCUT2D eigenvalue weighted by Crippen LogP contribution is -2.09. The van der Waals surface area contributed by atoms with Gasteiger partial charge in [-0.25, -0.2) is 4.98 Å². The highest BCUT2D eigenvalue weighted by molar-refractivity contribution is 7.17. The summed E-state index contributed by atoms with van der Waals surface area (Å²) in [7, 11) is 0. The first-order valence-electron chi connectivity index (χ1n) is 7.88. The lowest BCUT2D eigenvalue weighted by Gasteiger charge is -2.06. The van der Waals surface area contributed by atoms with Gasteiger partial charge in [-0.3, -0.25) is 4.79 Å². The Morgan fingerprint density at radius 2 is 1.84 bits per heavy atom. The monoisotopic (exact) mass is 366 g/mol. The van der Waals surface area contributed by atoms with Crippen molar-refractivity contribution in [2.24, 2.45) is 0 Å². The van der Waals surface area contributed by atoms with Crippen molar-refractivity contribution in [1.82, 2.24) is 9.97 Å². The molecular formula is C20H15ClN2OS. The lowest BCUT2D eigenvalue weighted by molar-refractivity contribution is 1.18. The summed E-state index contributed by atoms with van der Waals surface area (Å²) in [4.78, 5) is 21.2. The molecule has 5 heteroatoms. The number of hydrogen-bond acceptors (Lipinski definition) is 3. The first kappa shape index (κ1) is 16.1. The fourth-order valence-corrected chi connectivity index (χ4v) is 4.01. The number of nitrogens with one attached hydrogen (secondary N) is 1.